The van der Waals surface area contributed by atoms with E-state index in [1.807, 2.05) is 0 Å². The third-order valence-electron chi connectivity index (χ3n) is 5.27. The average Bonchev–Trinajstić information content (AvgIpc) is 2.91. The van der Waals surface area contributed by atoms with Crippen LogP contribution in [0, 0.1) is 17.2 Å². The van der Waals surface area contributed by atoms with E-state index in [-0.39, 0.29) is 11.9 Å². The molecule has 1 fully saturated rings. The number of hydrogen-bond acceptors (Lipinski definition) is 3. The molecule has 0 spiro atoms. The maximum atomic E-state index is 12.9. The van der Waals surface area contributed by atoms with E-state index >= 15 is 0 Å². The Balaban J connectivity index is 1.92. The van der Waals surface area contributed by atoms with Crippen molar-refractivity contribution in [1.29, 1.82) is 0 Å². The number of hydrogen-bond donors (Lipinski definition) is 1. The fourth-order valence-corrected chi connectivity index (χ4v) is 3.41. The van der Waals surface area contributed by atoms with Gasteiger partial charge < -0.3 is 10.6 Å². The van der Waals surface area contributed by atoms with Gasteiger partial charge in [0.2, 0.25) is 0 Å². The monoisotopic (exact) mass is 293 g/mol. The molecule has 0 saturated carbocycles. The summed E-state index contributed by atoms with van der Waals surface area (Å²) in [4.78, 5) is 6.65. The summed E-state index contributed by atoms with van der Waals surface area (Å²) in [5, 5.41) is 0. The van der Waals surface area contributed by atoms with Crippen LogP contribution in [0.15, 0.2) is 18.3 Å². The SMILES string of the molecule is CCC1(CC)CCN(CC(C)C(N)c2ccc(F)cn2)C1. The normalized spacial score (nSPS) is 21.4. The summed E-state index contributed by atoms with van der Waals surface area (Å²) in [6.07, 6.45) is 5.04. The minimum atomic E-state index is -0.311. The zero-order chi connectivity index (χ0) is 15.5. The van der Waals surface area contributed by atoms with Crippen LogP contribution in [0.5, 0.6) is 0 Å². The summed E-state index contributed by atoms with van der Waals surface area (Å²) in [6, 6.07) is 3.00. The van der Waals surface area contributed by atoms with Crippen molar-refractivity contribution < 1.29 is 4.39 Å². The number of pyridine rings is 1. The third-order valence-corrected chi connectivity index (χ3v) is 5.27. The topological polar surface area (TPSA) is 42.1 Å². The van der Waals surface area contributed by atoms with Gasteiger partial charge in [-0.15, -0.1) is 0 Å². The Kier molecular flexibility index (Phi) is 5.33. The highest BCUT2D eigenvalue weighted by Gasteiger charge is 2.35. The highest BCUT2D eigenvalue weighted by molar-refractivity contribution is 5.10. The van der Waals surface area contributed by atoms with Crippen molar-refractivity contribution in [1.82, 2.24) is 9.88 Å². The molecule has 2 unspecified atom stereocenters. The molecule has 2 heterocycles. The fraction of sp³-hybridized carbons (Fsp3) is 0.706. The maximum Gasteiger partial charge on any atom is 0.141 e. The number of nitrogens with zero attached hydrogens (tertiary/aromatic N) is 2. The van der Waals surface area contributed by atoms with E-state index < -0.39 is 0 Å². The van der Waals surface area contributed by atoms with Crippen molar-refractivity contribution >= 4 is 0 Å². The number of aromatic nitrogens is 1. The van der Waals surface area contributed by atoms with Gasteiger partial charge in [-0.3, -0.25) is 4.98 Å². The molecule has 1 aliphatic heterocycles. The molecule has 4 heteroatoms. The lowest BCUT2D eigenvalue weighted by Crippen LogP contribution is -2.34. The van der Waals surface area contributed by atoms with Crippen LogP contribution in [-0.4, -0.2) is 29.5 Å². The van der Waals surface area contributed by atoms with E-state index in [2.05, 4.69) is 30.7 Å². The van der Waals surface area contributed by atoms with Crippen molar-refractivity contribution in [3.8, 4) is 0 Å². The highest BCUT2D eigenvalue weighted by Crippen LogP contribution is 2.37. The van der Waals surface area contributed by atoms with Gasteiger partial charge in [-0.25, -0.2) is 4.39 Å². The van der Waals surface area contributed by atoms with Gasteiger partial charge in [-0.2, -0.15) is 0 Å². The van der Waals surface area contributed by atoms with Gasteiger partial charge in [-0.05, 0) is 49.3 Å². The van der Waals surface area contributed by atoms with Crippen LogP contribution >= 0.6 is 0 Å². The molecule has 1 saturated heterocycles. The lowest BCUT2D eigenvalue weighted by Gasteiger charge is -2.29. The van der Waals surface area contributed by atoms with Crippen molar-refractivity contribution in [2.45, 2.75) is 46.1 Å². The number of likely N-dealkylation sites (tertiary alicyclic amines) is 1. The molecule has 1 aliphatic rings. The predicted molar refractivity (Wildman–Crippen MR) is 84.4 cm³/mol. The second-order valence-electron chi connectivity index (χ2n) is 6.60. The average molecular weight is 293 g/mol. The van der Waals surface area contributed by atoms with E-state index in [1.54, 1.807) is 6.07 Å². The highest BCUT2D eigenvalue weighted by atomic mass is 19.1. The summed E-state index contributed by atoms with van der Waals surface area (Å²) < 4.78 is 12.9. The second kappa shape index (κ2) is 6.84. The summed E-state index contributed by atoms with van der Waals surface area (Å²) in [7, 11) is 0. The van der Waals surface area contributed by atoms with Crippen LogP contribution in [0.4, 0.5) is 4.39 Å². The molecule has 118 valence electrons. The molecule has 0 aliphatic carbocycles. The van der Waals surface area contributed by atoms with E-state index in [0.717, 1.165) is 18.8 Å². The smallest absolute Gasteiger partial charge is 0.141 e. The van der Waals surface area contributed by atoms with E-state index in [0.29, 0.717) is 11.3 Å². The molecule has 0 amide bonds. The summed E-state index contributed by atoms with van der Waals surface area (Å²) in [5.74, 6) is 0.00120. The summed E-state index contributed by atoms with van der Waals surface area (Å²) >= 11 is 0. The Hall–Kier alpha value is -1.00. The van der Waals surface area contributed by atoms with Crippen LogP contribution in [-0.2, 0) is 0 Å². The summed E-state index contributed by atoms with van der Waals surface area (Å²) in [6.45, 7) is 10.1. The molecule has 0 aromatic carbocycles. The first-order valence-electron chi connectivity index (χ1n) is 8.09. The van der Waals surface area contributed by atoms with E-state index in [1.165, 1.54) is 38.1 Å². The van der Waals surface area contributed by atoms with Gasteiger partial charge in [0.25, 0.3) is 0 Å². The molecular weight excluding hydrogens is 265 g/mol. The van der Waals surface area contributed by atoms with E-state index in [9.17, 15) is 4.39 Å². The minimum absolute atomic E-state index is 0.135. The molecule has 2 N–H and O–H groups in total. The molecule has 21 heavy (non-hydrogen) atoms. The molecule has 2 rings (SSSR count). The van der Waals surface area contributed by atoms with E-state index in [4.69, 9.17) is 5.73 Å². The zero-order valence-corrected chi connectivity index (χ0v) is 13.5. The molecular formula is C17H28FN3. The maximum absolute atomic E-state index is 12.9. The second-order valence-corrected chi connectivity index (χ2v) is 6.60. The Bertz CT molecular complexity index is 442. The van der Waals surface area contributed by atoms with Crippen LogP contribution in [0.1, 0.15) is 51.8 Å². The molecule has 1 aromatic rings. The quantitative estimate of drug-likeness (QED) is 0.874. The first-order valence-corrected chi connectivity index (χ1v) is 8.09. The van der Waals surface area contributed by atoms with Crippen molar-refractivity contribution in [3.05, 3.63) is 29.8 Å². The molecule has 0 bridgehead atoms. The van der Waals surface area contributed by atoms with Crippen LogP contribution < -0.4 is 5.73 Å². The predicted octanol–water partition coefficient (Wildman–Crippen LogP) is 3.37. The van der Waals surface area contributed by atoms with Gasteiger partial charge >= 0.3 is 0 Å². The van der Waals surface area contributed by atoms with Crippen molar-refractivity contribution in [2.24, 2.45) is 17.1 Å². The standard InChI is InChI=1S/C17H28FN3/c1-4-17(5-2)8-9-21(12-17)11-13(3)16(19)15-7-6-14(18)10-20-15/h6-7,10,13,16H,4-5,8-9,11-12,19H2,1-3H3. The van der Waals surface area contributed by atoms with Crippen LogP contribution in [0.2, 0.25) is 0 Å². The minimum Gasteiger partial charge on any atom is -0.322 e. The number of halogens is 1. The number of nitrogens with two attached hydrogens (primary N) is 1. The van der Waals surface area contributed by atoms with Crippen molar-refractivity contribution in [3.63, 3.8) is 0 Å². The lowest BCUT2D eigenvalue weighted by molar-refractivity contribution is 0.212. The van der Waals surface area contributed by atoms with Crippen LogP contribution in [0.3, 0.4) is 0 Å². The third kappa shape index (κ3) is 3.80. The Morgan fingerprint density at radius 2 is 2.10 bits per heavy atom. The van der Waals surface area contributed by atoms with Gasteiger partial charge in [-0.1, -0.05) is 20.8 Å². The zero-order valence-electron chi connectivity index (χ0n) is 13.5. The largest absolute Gasteiger partial charge is 0.322 e. The Morgan fingerprint density at radius 3 is 2.62 bits per heavy atom. The molecule has 3 nitrogen and oxygen atoms in total. The summed E-state index contributed by atoms with van der Waals surface area (Å²) in [5.41, 5.74) is 7.56. The van der Waals surface area contributed by atoms with Gasteiger partial charge in [0, 0.05) is 13.1 Å². The van der Waals surface area contributed by atoms with Gasteiger partial charge in [0.1, 0.15) is 5.82 Å². The Morgan fingerprint density at radius 1 is 1.38 bits per heavy atom. The Labute approximate surface area is 127 Å². The lowest BCUT2D eigenvalue weighted by atomic mass is 9.82. The van der Waals surface area contributed by atoms with Gasteiger partial charge in [0.05, 0.1) is 17.9 Å². The van der Waals surface area contributed by atoms with Crippen LogP contribution in [0.25, 0.3) is 0 Å². The first kappa shape index (κ1) is 16.4. The molecule has 0 radical (unpaired) electrons. The molecule has 2 atom stereocenters. The number of rotatable bonds is 6. The fourth-order valence-electron chi connectivity index (χ4n) is 3.41. The molecule has 1 aromatic heterocycles. The van der Waals surface area contributed by atoms with Gasteiger partial charge in [0.15, 0.2) is 0 Å². The van der Waals surface area contributed by atoms with Crippen molar-refractivity contribution in [2.75, 3.05) is 19.6 Å². The first-order chi connectivity index (χ1) is 9.99.